The quantitative estimate of drug-likeness (QED) is 0.324. The van der Waals surface area contributed by atoms with Gasteiger partial charge < -0.3 is 14.8 Å². The largest absolute Gasteiger partial charge is 0.372 e. The molecule has 0 bridgehead atoms. The molecule has 34 heavy (non-hydrogen) atoms. The van der Waals surface area contributed by atoms with Gasteiger partial charge in [0, 0.05) is 42.5 Å². The maximum Gasteiger partial charge on any atom is 0.237 e. The van der Waals surface area contributed by atoms with Crippen molar-refractivity contribution in [3.05, 3.63) is 60.8 Å². The molecule has 2 heterocycles. The first kappa shape index (κ1) is 23.8. The Labute approximate surface area is 204 Å². The van der Waals surface area contributed by atoms with Crippen LogP contribution in [0.4, 0.5) is 11.4 Å². The summed E-state index contributed by atoms with van der Waals surface area (Å²) in [5.74, 6) is 0.723. The maximum absolute atomic E-state index is 13.0. The molecule has 7 nitrogen and oxygen atoms in total. The second-order valence-corrected chi connectivity index (χ2v) is 9.20. The molecule has 1 N–H and O–H groups in total. The van der Waals surface area contributed by atoms with Crippen LogP contribution < -0.4 is 10.2 Å². The number of nitrogens with zero attached hydrogens (tertiary/aromatic N) is 5. The van der Waals surface area contributed by atoms with Crippen molar-refractivity contribution < 1.29 is 4.79 Å². The van der Waals surface area contributed by atoms with Crippen LogP contribution >= 0.6 is 11.8 Å². The Balaban J connectivity index is 1.50. The van der Waals surface area contributed by atoms with Gasteiger partial charge >= 0.3 is 0 Å². The molecule has 0 aliphatic carbocycles. The van der Waals surface area contributed by atoms with Gasteiger partial charge in [-0.15, -0.1) is 10.2 Å². The van der Waals surface area contributed by atoms with E-state index >= 15 is 0 Å². The Hall–Kier alpha value is -3.39. The molecule has 4 aromatic rings. The van der Waals surface area contributed by atoms with Gasteiger partial charge in [-0.1, -0.05) is 17.8 Å². The number of nitrogens with one attached hydrogen (secondary N) is 1. The van der Waals surface area contributed by atoms with Crippen molar-refractivity contribution in [2.24, 2.45) is 0 Å². The molecule has 0 saturated heterocycles. The maximum atomic E-state index is 13.0. The smallest absolute Gasteiger partial charge is 0.237 e. The molecule has 1 atom stereocenters. The molecule has 0 fully saturated rings. The zero-order valence-electron chi connectivity index (χ0n) is 20.0. The van der Waals surface area contributed by atoms with Crippen LogP contribution in [-0.4, -0.2) is 44.0 Å². The molecule has 0 saturated carbocycles. The van der Waals surface area contributed by atoms with Gasteiger partial charge in [-0.05, 0) is 76.2 Å². The second-order valence-electron chi connectivity index (χ2n) is 7.89. The first-order valence-electron chi connectivity index (χ1n) is 11.7. The predicted molar refractivity (Wildman–Crippen MR) is 140 cm³/mol. The number of rotatable bonds is 9. The number of thioether (sulfide) groups is 1. The highest BCUT2D eigenvalue weighted by molar-refractivity contribution is 8.00. The fraction of sp³-hybridized carbons (Fsp3) is 0.308. The highest BCUT2D eigenvalue weighted by atomic mass is 32.2. The molecule has 1 unspecified atom stereocenters. The first-order valence-corrected chi connectivity index (χ1v) is 12.5. The topological polar surface area (TPSA) is 75.9 Å². The summed E-state index contributed by atoms with van der Waals surface area (Å²) in [7, 11) is 0. The van der Waals surface area contributed by atoms with Crippen molar-refractivity contribution in [1.29, 1.82) is 0 Å². The molecule has 0 spiro atoms. The first-order chi connectivity index (χ1) is 16.5. The van der Waals surface area contributed by atoms with E-state index in [9.17, 15) is 4.79 Å². The van der Waals surface area contributed by atoms with E-state index in [1.165, 1.54) is 17.4 Å². The third kappa shape index (κ3) is 4.92. The lowest BCUT2D eigenvalue weighted by molar-refractivity contribution is -0.115. The summed E-state index contributed by atoms with van der Waals surface area (Å²) >= 11 is 1.41. The van der Waals surface area contributed by atoms with Crippen LogP contribution in [0, 0.1) is 0 Å². The molecule has 8 heteroatoms. The summed E-state index contributed by atoms with van der Waals surface area (Å²) in [6.45, 7) is 10.9. The fourth-order valence-electron chi connectivity index (χ4n) is 3.94. The third-order valence-corrected chi connectivity index (χ3v) is 6.92. The van der Waals surface area contributed by atoms with Crippen molar-refractivity contribution in [3.63, 3.8) is 0 Å². The van der Waals surface area contributed by atoms with E-state index in [0.29, 0.717) is 6.54 Å². The number of carbonyl (C=O) groups is 1. The summed E-state index contributed by atoms with van der Waals surface area (Å²) < 4.78 is 2.06. The van der Waals surface area contributed by atoms with Crippen LogP contribution in [0.15, 0.2) is 66.0 Å². The molecule has 1 amide bonds. The van der Waals surface area contributed by atoms with Gasteiger partial charge in [-0.3, -0.25) is 9.78 Å². The molecule has 0 radical (unpaired) electrons. The number of fused-ring (bicyclic) bond motifs is 1. The van der Waals surface area contributed by atoms with E-state index < -0.39 is 0 Å². The number of anilines is 2. The number of benzene rings is 2. The van der Waals surface area contributed by atoms with E-state index in [4.69, 9.17) is 0 Å². The highest BCUT2D eigenvalue weighted by Gasteiger charge is 2.21. The monoisotopic (exact) mass is 474 g/mol. The average molecular weight is 475 g/mol. The molecule has 176 valence electrons. The highest BCUT2D eigenvalue weighted by Crippen LogP contribution is 2.29. The third-order valence-electron chi connectivity index (χ3n) is 5.84. The van der Waals surface area contributed by atoms with E-state index in [2.05, 4.69) is 75.0 Å². The molecule has 2 aromatic heterocycles. The number of carbonyl (C=O) groups excluding carboxylic acids is 1. The van der Waals surface area contributed by atoms with Gasteiger partial charge in [0.25, 0.3) is 0 Å². The van der Waals surface area contributed by atoms with Crippen LogP contribution in [0.5, 0.6) is 0 Å². The van der Waals surface area contributed by atoms with Crippen LogP contribution in [0.2, 0.25) is 0 Å². The van der Waals surface area contributed by atoms with Gasteiger partial charge in [-0.25, -0.2) is 0 Å². The van der Waals surface area contributed by atoms with Gasteiger partial charge in [0.05, 0.1) is 16.5 Å². The zero-order valence-corrected chi connectivity index (χ0v) is 20.8. The lowest BCUT2D eigenvalue weighted by Gasteiger charge is -2.21. The van der Waals surface area contributed by atoms with Crippen molar-refractivity contribution in [2.75, 3.05) is 23.3 Å². The Morgan fingerprint density at radius 2 is 1.79 bits per heavy atom. The Kier molecular flexibility index (Phi) is 7.47. The van der Waals surface area contributed by atoms with Crippen LogP contribution in [-0.2, 0) is 11.3 Å². The summed E-state index contributed by atoms with van der Waals surface area (Å²) in [5, 5.41) is 13.2. The van der Waals surface area contributed by atoms with E-state index in [1.807, 2.05) is 37.3 Å². The Morgan fingerprint density at radius 3 is 2.50 bits per heavy atom. The minimum absolute atomic E-state index is 0.0860. The Morgan fingerprint density at radius 1 is 1.03 bits per heavy atom. The summed E-state index contributed by atoms with van der Waals surface area (Å²) in [6.07, 6.45) is 1.75. The van der Waals surface area contributed by atoms with Crippen molar-refractivity contribution in [3.8, 4) is 11.4 Å². The van der Waals surface area contributed by atoms with Gasteiger partial charge in [0.15, 0.2) is 11.0 Å². The molecule has 0 aliphatic heterocycles. The zero-order chi connectivity index (χ0) is 24.1. The standard InChI is InChI=1S/C26H30N6OS/c1-5-31(6-2)20-15-13-19(14-16-20)24-29-30-26(32(24)7-3)34-18(4)25(33)28-23-12-8-11-22-21(23)10-9-17-27-22/h8-18H,5-7H2,1-4H3,(H,28,33). The summed E-state index contributed by atoms with van der Waals surface area (Å²) in [4.78, 5) is 19.6. The normalized spacial score (nSPS) is 12.0. The van der Waals surface area contributed by atoms with Crippen molar-refractivity contribution >= 4 is 39.9 Å². The van der Waals surface area contributed by atoms with Crippen LogP contribution in [0.3, 0.4) is 0 Å². The number of hydrogen-bond donors (Lipinski definition) is 1. The lowest BCUT2D eigenvalue weighted by Crippen LogP contribution is -2.23. The molecule has 0 aliphatic rings. The number of pyridine rings is 1. The number of hydrogen-bond acceptors (Lipinski definition) is 6. The van der Waals surface area contributed by atoms with Gasteiger partial charge in [-0.2, -0.15) is 0 Å². The lowest BCUT2D eigenvalue weighted by atomic mass is 10.2. The van der Waals surface area contributed by atoms with Gasteiger partial charge in [0.2, 0.25) is 5.91 Å². The number of amides is 1. The minimum Gasteiger partial charge on any atom is -0.372 e. The molecule has 2 aromatic carbocycles. The van der Waals surface area contributed by atoms with E-state index in [1.54, 1.807) is 6.20 Å². The van der Waals surface area contributed by atoms with Crippen molar-refractivity contribution in [1.82, 2.24) is 19.7 Å². The SMILES string of the molecule is CCN(CC)c1ccc(-c2nnc(SC(C)C(=O)Nc3cccc4ncccc34)n2CC)cc1. The minimum atomic E-state index is -0.348. The molecular weight excluding hydrogens is 444 g/mol. The molecular formula is C26H30N6OS. The van der Waals surface area contributed by atoms with E-state index in [-0.39, 0.29) is 11.2 Å². The second kappa shape index (κ2) is 10.7. The summed E-state index contributed by atoms with van der Waals surface area (Å²) in [6, 6.07) is 18.0. The Bertz CT molecular complexity index is 1260. The predicted octanol–water partition coefficient (Wildman–Crippen LogP) is 5.48. The molecule has 4 rings (SSSR count). The average Bonchev–Trinajstić information content (AvgIpc) is 3.27. The summed E-state index contributed by atoms with van der Waals surface area (Å²) in [5.41, 5.74) is 3.81. The van der Waals surface area contributed by atoms with Crippen LogP contribution in [0.25, 0.3) is 22.3 Å². The van der Waals surface area contributed by atoms with Crippen LogP contribution in [0.1, 0.15) is 27.7 Å². The van der Waals surface area contributed by atoms with Crippen molar-refractivity contribution in [2.45, 2.75) is 44.6 Å². The van der Waals surface area contributed by atoms with Gasteiger partial charge in [0.1, 0.15) is 0 Å². The van der Waals surface area contributed by atoms with E-state index in [0.717, 1.165) is 46.2 Å². The number of aromatic nitrogens is 4. The fourth-order valence-corrected chi connectivity index (χ4v) is 4.86.